The fraction of sp³-hybridized carbons (Fsp3) is 0.256. The monoisotopic (exact) mass is 786 g/mol. The number of carbonyl (C=O) groups excluding carboxylic acids is 1. The molecular weight excluding hydrogens is 745 g/mol. The summed E-state index contributed by atoms with van der Waals surface area (Å²) in [6, 6.07) is 35.0. The van der Waals surface area contributed by atoms with Gasteiger partial charge in [-0.3, -0.25) is 14.3 Å². The Morgan fingerprint density at radius 2 is 1.50 bits per heavy atom. The SMILES string of the molecule is COc1ccc(C(OC[C@H]2O[C@@H](n3ccc(N(CCc4ncc([N+](=O)[O-])n4C)C(=O)c4ccccc4)nc3=O)C[C@@H]2O)(c2ccccc2)c2ccc(OC)cc2)cc1. The Bertz CT molecular complexity index is 2360. The number of rotatable bonds is 15. The van der Waals surface area contributed by atoms with Gasteiger partial charge in [0.1, 0.15) is 41.4 Å². The Kier molecular flexibility index (Phi) is 11.7. The molecule has 0 unspecified atom stereocenters. The number of aliphatic hydroxyl groups is 1. The minimum atomic E-state index is -1.16. The summed E-state index contributed by atoms with van der Waals surface area (Å²) in [5.41, 5.74) is 0.947. The summed E-state index contributed by atoms with van der Waals surface area (Å²) >= 11 is 0. The fourth-order valence-corrected chi connectivity index (χ4v) is 7.20. The largest absolute Gasteiger partial charge is 0.497 e. The van der Waals surface area contributed by atoms with Crippen LogP contribution < -0.4 is 20.1 Å². The second-order valence-electron chi connectivity index (χ2n) is 13.6. The van der Waals surface area contributed by atoms with E-state index in [2.05, 4.69) is 9.97 Å². The van der Waals surface area contributed by atoms with E-state index in [0.29, 0.717) is 22.9 Å². The third-order valence-electron chi connectivity index (χ3n) is 10.3. The highest BCUT2D eigenvalue weighted by molar-refractivity contribution is 6.05. The molecule has 15 nitrogen and oxygen atoms in total. The summed E-state index contributed by atoms with van der Waals surface area (Å²) in [6.45, 7) is -0.0363. The highest BCUT2D eigenvalue weighted by Crippen LogP contribution is 2.42. The molecule has 1 N–H and O–H groups in total. The molecule has 58 heavy (non-hydrogen) atoms. The summed E-state index contributed by atoms with van der Waals surface area (Å²) in [7, 11) is 4.73. The van der Waals surface area contributed by atoms with Crippen LogP contribution in [0, 0.1) is 10.1 Å². The zero-order valence-corrected chi connectivity index (χ0v) is 32.1. The average molecular weight is 787 g/mol. The number of carbonyl (C=O) groups is 1. The number of imidazole rings is 1. The van der Waals surface area contributed by atoms with E-state index < -0.39 is 40.6 Å². The molecule has 1 aliphatic rings. The Morgan fingerprint density at radius 1 is 0.914 bits per heavy atom. The van der Waals surface area contributed by atoms with Crippen LogP contribution >= 0.6 is 0 Å². The van der Waals surface area contributed by atoms with Crippen LogP contribution in [0.1, 0.15) is 45.5 Å². The van der Waals surface area contributed by atoms with Crippen molar-refractivity contribution in [3.05, 3.63) is 176 Å². The third-order valence-corrected chi connectivity index (χ3v) is 10.3. The molecule has 7 rings (SSSR count). The lowest BCUT2D eigenvalue weighted by Crippen LogP contribution is -2.38. The molecule has 1 aliphatic heterocycles. The lowest BCUT2D eigenvalue weighted by Gasteiger charge is -2.37. The van der Waals surface area contributed by atoms with Crippen LogP contribution in [0.3, 0.4) is 0 Å². The minimum Gasteiger partial charge on any atom is -0.497 e. The Hall–Kier alpha value is -6.68. The molecule has 3 atom stereocenters. The highest BCUT2D eigenvalue weighted by Gasteiger charge is 2.42. The van der Waals surface area contributed by atoms with Crippen LogP contribution in [0.5, 0.6) is 11.5 Å². The van der Waals surface area contributed by atoms with Crippen LogP contribution in [0.2, 0.25) is 0 Å². The molecule has 1 saturated heterocycles. The molecular formula is C43H42N6O9. The lowest BCUT2D eigenvalue weighted by atomic mass is 9.80. The second-order valence-corrected chi connectivity index (χ2v) is 13.6. The maximum atomic E-state index is 13.8. The van der Waals surface area contributed by atoms with E-state index in [0.717, 1.165) is 22.9 Å². The number of ether oxygens (including phenoxy) is 4. The van der Waals surface area contributed by atoms with E-state index in [-0.39, 0.29) is 37.6 Å². The maximum Gasteiger partial charge on any atom is 0.351 e. The molecule has 2 aromatic heterocycles. The Labute approximate surface area is 333 Å². The smallest absolute Gasteiger partial charge is 0.351 e. The first-order valence-corrected chi connectivity index (χ1v) is 18.6. The van der Waals surface area contributed by atoms with Crippen molar-refractivity contribution in [2.24, 2.45) is 7.05 Å². The van der Waals surface area contributed by atoms with Gasteiger partial charge in [-0.2, -0.15) is 4.98 Å². The molecule has 0 aliphatic carbocycles. The van der Waals surface area contributed by atoms with Crippen molar-refractivity contribution in [2.75, 3.05) is 32.3 Å². The van der Waals surface area contributed by atoms with Crippen LogP contribution in [-0.2, 0) is 28.5 Å². The lowest BCUT2D eigenvalue weighted by molar-refractivity contribution is -0.391. The number of anilines is 1. The van der Waals surface area contributed by atoms with E-state index in [4.69, 9.17) is 18.9 Å². The van der Waals surface area contributed by atoms with Gasteiger partial charge in [0.15, 0.2) is 5.82 Å². The van der Waals surface area contributed by atoms with Gasteiger partial charge in [-0.25, -0.2) is 14.3 Å². The molecule has 6 aromatic rings. The van der Waals surface area contributed by atoms with Gasteiger partial charge in [0.25, 0.3) is 5.91 Å². The number of hydrogen-bond acceptors (Lipinski definition) is 11. The van der Waals surface area contributed by atoms with Crippen LogP contribution in [0.15, 0.2) is 132 Å². The van der Waals surface area contributed by atoms with Crippen LogP contribution in [-0.4, -0.2) is 74.6 Å². The van der Waals surface area contributed by atoms with Crippen molar-refractivity contribution in [2.45, 2.75) is 36.9 Å². The molecule has 0 radical (unpaired) electrons. The van der Waals surface area contributed by atoms with Crippen molar-refractivity contribution in [3.63, 3.8) is 0 Å². The average Bonchev–Trinajstić information content (AvgIpc) is 3.82. The van der Waals surface area contributed by atoms with Crippen molar-refractivity contribution < 1.29 is 33.8 Å². The number of aromatic nitrogens is 4. The van der Waals surface area contributed by atoms with E-state index in [1.54, 1.807) is 44.6 Å². The first kappa shape index (κ1) is 39.6. The van der Waals surface area contributed by atoms with Crippen LogP contribution in [0.25, 0.3) is 0 Å². The summed E-state index contributed by atoms with van der Waals surface area (Å²) in [5, 5.41) is 22.8. The number of benzene rings is 4. The number of nitro groups is 1. The summed E-state index contributed by atoms with van der Waals surface area (Å²) in [6.07, 6.45) is 0.117. The standard InChI is InChI=1S/C43H42N6O9/c1-46-37(44-27-39(46)49(53)54)22-24-47(41(51)29-10-6-4-7-11-29)38-23-25-48(42(52)45-38)40-26-35(50)36(58-40)28-57-43(30-12-8-5-9-13-30,31-14-18-33(55-2)19-15-31)32-16-20-34(56-3)21-17-32/h4-21,23,25,27,35-36,40,50H,22,24,26,28H2,1-3H3/t35-,36+,40+/m0/s1. The van der Waals surface area contributed by atoms with E-state index >= 15 is 0 Å². The number of hydrogen-bond donors (Lipinski definition) is 1. The van der Waals surface area contributed by atoms with Gasteiger partial charge in [-0.1, -0.05) is 72.8 Å². The number of methoxy groups -OCH3 is 2. The minimum absolute atomic E-state index is 0.0236. The van der Waals surface area contributed by atoms with Gasteiger partial charge in [-0.15, -0.1) is 0 Å². The van der Waals surface area contributed by atoms with Crippen molar-refractivity contribution in [1.82, 2.24) is 19.1 Å². The molecule has 1 fully saturated rings. The van der Waals surface area contributed by atoms with Gasteiger partial charge < -0.3 is 34.2 Å². The van der Waals surface area contributed by atoms with Crippen LogP contribution in [0.4, 0.5) is 11.6 Å². The molecule has 0 spiro atoms. The van der Waals surface area contributed by atoms with Gasteiger partial charge >= 0.3 is 11.5 Å². The van der Waals surface area contributed by atoms with Crippen molar-refractivity contribution in [1.29, 1.82) is 0 Å². The molecule has 15 heteroatoms. The molecule has 4 aromatic carbocycles. The molecule has 3 heterocycles. The zero-order chi connectivity index (χ0) is 40.8. The topological polar surface area (TPSA) is 173 Å². The van der Waals surface area contributed by atoms with Crippen molar-refractivity contribution in [3.8, 4) is 11.5 Å². The third kappa shape index (κ3) is 7.95. The van der Waals surface area contributed by atoms with Gasteiger partial charge in [0.2, 0.25) is 0 Å². The van der Waals surface area contributed by atoms with Gasteiger partial charge in [-0.05, 0) is 64.1 Å². The number of aliphatic hydroxyl groups excluding tert-OH is 1. The fourth-order valence-electron chi connectivity index (χ4n) is 7.20. The van der Waals surface area contributed by atoms with E-state index in [1.807, 2.05) is 78.9 Å². The van der Waals surface area contributed by atoms with E-state index in [1.165, 1.54) is 33.3 Å². The Morgan fingerprint density at radius 3 is 2.05 bits per heavy atom. The normalized spacial score (nSPS) is 16.5. The quantitative estimate of drug-likeness (QED) is 0.0797. The van der Waals surface area contributed by atoms with E-state index in [9.17, 15) is 24.8 Å². The molecule has 298 valence electrons. The molecule has 0 bridgehead atoms. The molecule has 0 saturated carbocycles. The van der Waals surface area contributed by atoms with Crippen molar-refractivity contribution >= 4 is 17.5 Å². The maximum absolute atomic E-state index is 13.8. The first-order chi connectivity index (χ1) is 28.1. The summed E-state index contributed by atoms with van der Waals surface area (Å²) in [4.78, 5) is 48.1. The first-order valence-electron chi connectivity index (χ1n) is 18.6. The number of amides is 1. The van der Waals surface area contributed by atoms with Gasteiger partial charge in [0, 0.05) is 31.1 Å². The second kappa shape index (κ2) is 17.2. The molecule has 1 amide bonds. The zero-order valence-electron chi connectivity index (χ0n) is 32.1. The van der Waals surface area contributed by atoms with Gasteiger partial charge in [0.05, 0.1) is 34.0 Å². The summed E-state index contributed by atoms with van der Waals surface area (Å²) < 4.78 is 26.8. The summed E-state index contributed by atoms with van der Waals surface area (Å²) in [5.74, 6) is 1.19. The highest BCUT2D eigenvalue weighted by atomic mass is 16.6. The number of nitrogens with zero attached hydrogens (tertiary/aromatic N) is 6. The predicted molar refractivity (Wildman–Crippen MR) is 213 cm³/mol. The predicted octanol–water partition coefficient (Wildman–Crippen LogP) is 5.45. The Balaban J connectivity index is 1.15.